The van der Waals surface area contributed by atoms with Crippen LogP contribution in [-0.4, -0.2) is 27.8 Å². The van der Waals surface area contributed by atoms with Gasteiger partial charge in [0.05, 0.1) is 31.1 Å². The molecule has 0 unspecified atom stereocenters. The molecule has 2 aromatic rings. The van der Waals surface area contributed by atoms with Gasteiger partial charge in [-0.15, -0.1) is 0 Å². The molecule has 6 heteroatoms. The number of hydrogen-bond donors (Lipinski definition) is 1. The minimum absolute atomic E-state index is 0.0869. The molecule has 6 nitrogen and oxygen atoms in total. The summed E-state index contributed by atoms with van der Waals surface area (Å²) in [5.74, 6) is 0.429. The lowest BCUT2D eigenvalue weighted by atomic mass is 10.1. The molecule has 0 saturated carbocycles. The summed E-state index contributed by atoms with van der Waals surface area (Å²) in [7, 11) is 3.42. The Morgan fingerprint density at radius 3 is 2.65 bits per heavy atom. The van der Waals surface area contributed by atoms with Crippen LogP contribution in [0.5, 0.6) is 5.88 Å². The van der Waals surface area contributed by atoms with Gasteiger partial charge in [-0.1, -0.05) is 0 Å². The first-order valence-corrected chi connectivity index (χ1v) is 6.30. The third-order valence-corrected chi connectivity index (χ3v) is 3.23. The maximum Gasteiger partial charge on any atom is 0.228 e. The van der Waals surface area contributed by atoms with E-state index in [0.717, 1.165) is 17.0 Å². The van der Waals surface area contributed by atoms with Gasteiger partial charge in [-0.05, 0) is 19.9 Å². The van der Waals surface area contributed by atoms with Crippen molar-refractivity contribution in [2.24, 2.45) is 7.05 Å². The van der Waals surface area contributed by atoms with Gasteiger partial charge in [0.25, 0.3) is 0 Å². The number of amides is 1. The third-order valence-electron chi connectivity index (χ3n) is 3.23. The Bertz CT molecular complexity index is 617. The second-order valence-corrected chi connectivity index (χ2v) is 4.59. The Morgan fingerprint density at radius 2 is 2.15 bits per heavy atom. The zero-order chi connectivity index (χ0) is 14.7. The quantitative estimate of drug-likeness (QED) is 0.920. The standard InChI is InChI=1S/C14H18N4O2/c1-9-12(10(2)18(3)17-9)7-13(19)16-11-5-6-14(20-4)15-8-11/h5-6,8H,7H2,1-4H3,(H,16,19). The normalized spacial score (nSPS) is 10.4. The van der Waals surface area contributed by atoms with E-state index in [9.17, 15) is 4.79 Å². The molecule has 0 spiro atoms. The van der Waals surface area contributed by atoms with Crippen molar-refractivity contribution in [2.45, 2.75) is 20.3 Å². The van der Waals surface area contributed by atoms with Gasteiger partial charge in [0.15, 0.2) is 0 Å². The lowest BCUT2D eigenvalue weighted by Gasteiger charge is -2.06. The summed E-state index contributed by atoms with van der Waals surface area (Å²) in [6, 6.07) is 3.46. The average Bonchev–Trinajstić information content (AvgIpc) is 2.66. The summed E-state index contributed by atoms with van der Waals surface area (Å²) in [6.45, 7) is 3.86. The SMILES string of the molecule is COc1ccc(NC(=O)Cc2c(C)nn(C)c2C)cn1. The van der Waals surface area contributed by atoms with Crippen molar-refractivity contribution in [3.05, 3.63) is 35.3 Å². The van der Waals surface area contributed by atoms with Crippen LogP contribution in [0.25, 0.3) is 0 Å². The Morgan fingerprint density at radius 1 is 1.40 bits per heavy atom. The smallest absolute Gasteiger partial charge is 0.228 e. The topological polar surface area (TPSA) is 69.0 Å². The summed E-state index contributed by atoms with van der Waals surface area (Å²) < 4.78 is 6.75. The summed E-state index contributed by atoms with van der Waals surface area (Å²) in [5.41, 5.74) is 3.50. The molecule has 2 aromatic heterocycles. The minimum atomic E-state index is -0.0869. The van der Waals surface area contributed by atoms with Crippen LogP contribution < -0.4 is 10.1 Å². The minimum Gasteiger partial charge on any atom is -0.481 e. The summed E-state index contributed by atoms with van der Waals surface area (Å²) in [5, 5.41) is 7.11. The molecule has 0 fully saturated rings. The van der Waals surface area contributed by atoms with E-state index in [2.05, 4.69) is 15.4 Å². The number of ether oxygens (including phenoxy) is 1. The molecule has 2 heterocycles. The molecule has 1 N–H and O–H groups in total. The number of pyridine rings is 1. The van der Waals surface area contributed by atoms with E-state index in [1.807, 2.05) is 20.9 Å². The van der Waals surface area contributed by atoms with Crippen LogP contribution in [0.1, 0.15) is 17.0 Å². The fraction of sp³-hybridized carbons (Fsp3) is 0.357. The van der Waals surface area contributed by atoms with E-state index in [1.54, 1.807) is 30.1 Å². The predicted octanol–water partition coefficient (Wildman–Crippen LogP) is 1.62. The highest BCUT2D eigenvalue weighted by atomic mass is 16.5. The van der Waals surface area contributed by atoms with Crippen molar-refractivity contribution in [3.63, 3.8) is 0 Å². The number of nitrogens with one attached hydrogen (secondary N) is 1. The fourth-order valence-corrected chi connectivity index (χ4v) is 2.01. The van der Waals surface area contributed by atoms with Crippen LogP contribution in [0.4, 0.5) is 5.69 Å². The van der Waals surface area contributed by atoms with Crippen LogP contribution in [0.3, 0.4) is 0 Å². The van der Waals surface area contributed by atoms with Crippen molar-refractivity contribution in [1.29, 1.82) is 0 Å². The number of methoxy groups -OCH3 is 1. The summed E-state index contributed by atoms with van der Waals surface area (Å²) >= 11 is 0. The van der Waals surface area contributed by atoms with Crippen LogP contribution in [0.2, 0.25) is 0 Å². The van der Waals surface area contributed by atoms with E-state index in [1.165, 1.54) is 0 Å². The number of carbonyl (C=O) groups excluding carboxylic acids is 1. The Hall–Kier alpha value is -2.37. The molecule has 0 aliphatic heterocycles. The first kappa shape index (κ1) is 14.0. The average molecular weight is 274 g/mol. The molecule has 20 heavy (non-hydrogen) atoms. The van der Waals surface area contributed by atoms with E-state index >= 15 is 0 Å². The summed E-state index contributed by atoms with van der Waals surface area (Å²) in [6.07, 6.45) is 1.87. The van der Waals surface area contributed by atoms with Crippen LogP contribution in [0.15, 0.2) is 18.3 Å². The van der Waals surface area contributed by atoms with E-state index < -0.39 is 0 Å². The molecule has 106 valence electrons. The Balaban J connectivity index is 2.05. The molecule has 0 radical (unpaired) electrons. The molecular weight excluding hydrogens is 256 g/mol. The largest absolute Gasteiger partial charge is 0.481 e. The number of aryl methyl sites for hydroxylation is 2. The maximum absolute atomic E-state index is 12.0. The van der Waals surface area contributed by atoms with Gasteiger partial charge in [0.1, 0.15) is 0 Å². The van der Waals surface area contributed by atoms with Crippen LogP contribution in [0, 0.1) is 13.8 Å². The highest BCUT2D eigenvalue weighted by Crippen LogP contribution is 2.15. The molecule has 0 aliphatic carbocycles. The highest BCUT2D eigenvalue weighted by Gasteiger charge is 2.13. The molecule has 0 atom stereocenters. The molecule has 0 bridgehead atoms. The van der Waals surface area contributed by atoms with E-state index in [0.29, 0.717) is 18.0 Å². The highest BCUT2D eigenvalue weighted by molar-refractivity contribution is 5.92. The van der Waals surface area contributed by atoms with Crippen molar-refractivity contribution >= 4 is 11.6 Å². The lowest BCUT2D eigenvalue weighted by molar-refractivity contribution is -0.115. The lowest BCUT2D eigenvalue weighted by Crippen LogP contribution is -2.15. The molecule has 0 aromatic carbocycles. The number of carbonyl (C=O) groups is 1. The number of aromatic nitrogens is 3. The zero-order valence-electron chi connectivity index (χ0n) is 12.1. The Kier molecular flexibility index (Phi) is 4.02. The van der Waals surface area contributed by atoms with Gasteiger partial charge >= 0.3 is 0 Å². The van der Waals surface area contributed by atoms with Gasteiger partial charge in [-0.2, -0.15) is 5.10 Å². The van der Waals surface area contributed by atoms with Crippen molar-refractivity contribution in [3.8, 4) is 5.88 Å². The number of anilines is 1. The first-order chi connectivity index (χ1) is 9.51. The zero-order valence-corrected chi connectivity index (χ0v) is 12.1. The second kappa shape index (κ2) is 5.73. The predicted molar refractivity (Wildman–Crippen MR) is 75.8 cm³/mol. The van der Waals surface area contributed by atoms with Crippen LogP contribution >= 0.6 is 0 Å². The fourth-order valence-electron chi connectivity index (χ4n) is 2.01. The van der Waals surface area contributed by atoms with Crippen LogP contribution in [-0.2, 0) is 18.3 Å². The molecular formula is C14H18N4O2. The number of hydrogen-bond acceptors (Lipinski definition) is 4. The molecule has 0 saturated heterocycles. The van der Waals surface area contributed by atoms with Gasteiger partial charge in [0, 0.05) is 24.4 Å². The number of nitrogens with zero attached hydrogens (tertiary/aromatic N) is 3. The monoisotopic (exact) mass is 274 g/mol. The number of rotatable bonds is 4. The van der Waals surface area contributed by atoms with Gasteiger partial charge in [0.2, 0.25) is 11.8 Å². The van der Waals surface area contributed by atoms with Crippen molar-refractivity contribution in [2.75, 3.05) is 12.4 Å². The second-order valence-electron chi connectivity index (χ2n) is 4.59. The van der Waals surface area contributed by atoms with E-state index in [-0.39, 0.29) is 5.91 Å². The van der Waals surface area contributed by atoms with Gasteiger partial charge in [-0.3, -0.25) is 9.48 Å². The third kappa shape index (κ3) is 2.96. The molecule has 1 amide bonds. The Labute approximate surface area is 117 Å². The first-order valence-electron chi connectivity index (χ1n) is 6.30. The molecule has 2 rings (SSSR count). The molecule has 0 aliphatic rings. The van der Waals surface area contributed by atoms with E-state index in [4.69, 9.17) is 4.74 Å². The van der Waals surface area contributed by atoms with Crippen molar-refractivity contribution < 1.29 is 9.53 Å². The van der Waals surface area contributed by atoms with Gasteiger partial charge in [-0.25, -0.2) is 4.98 Å². The van der Waals surface area contributed by atoms with Crippen molar-refractivity contribution in [1.82, 2.24) is 14.8 Å². The van der Waals surface area contributed by atoms with Gasteiger partial charge < -0.3 is 10.1 Å². The summed E-state index contributed by atoms with van der Waals surface area (Å²) in [4.78, 5) is 16.1. The maximum atomic E-state index is 12.0.